The van der Waals surface area contributed by atoms with E-state index in [1.807, 2.05) is 6.07 Å². The summed E-state index contributed by atoms with van der Waals surface area (Å²) in [6, 6.07) is 6.25. The van der Waals surface area contributed by atoms with Gasteiger partial charge >= 0.3 is 5.97 Å². The maximum absolute atomic E-state index is 11.2. The van der Waals surface area contributed by atoms with Gasteiger partial charge in [-0.15, -0.1) is 0 Å². The Hall–Kier alpha value is -1.31. The van der Waals surface area contributed by atoms with E-state index in [-0.39, 0.29) is 10.8 Å². The average molecular weight is 260 g/mol. The third-order valence-electron chi connectivity index (χ3n) is 4.75. The van der Waals surface area contributed by atoms with Gasteiger partial charge in [0.05, 0.1) is 5.92 Å². The number of hydrogen-bond acceptors (Lipinski definition) is 1. The van der Waals surface area contributed by atoms with Crippen molar-refractivity contribution < 1.29 is 9.90 Å². The number of hydrogen-bond donors (Lipinski definition) is 1. The number of rotatable bonds is 2. The van der Waals surface area contributed by atoms with Crippen molar-refractivity contribution in [2.45, 2.75) is 64.2 Å². The van der Waals surface area contributed by atoms with Gasteiger partial charge in [0, 0.05) is 0 Å². The predicted octanol–water partition coefficient (Wildman–Crippen LogP) is 4.22. The van der Waals surface area contributed by atoms with E-state index in [0.29, 0.717) is 0 Å². The lowest BCUT2D eigenvalue weighted by Gasteiger charge is -2.42. The first-order valence-electron chi connectivity index (χ1n) is 7.03. The molecule has 0 spiro atoms. The quantitative estimate of drug-likeness (QED) is 0.864. The van der Waals surface area contributed by atoms with Gasteiger partial charge in [-0.1, -0.05) is 45.9 Å². The molecule has 0 bridgehead atoms. The Kier molecular flexibility index (Phi) is 3.24. The number of fused-ring (bicyclic) bond motifs is 1. The highest BCUT2D eigenvalue weighted by Gasteiger charge is 2.37. The highest BCUT2D eigenvalue weighted by Crippen LogP contribution is 2.46. The summed E-state index contributed by atoms with van der Waals surface area (Å²) < 4.78 is 0. The van der Waals surface area contributed by atoms with Gasteiger partial charge in [0.15, 0.2) is 0 Å². The van der Waals surface area contributed by atoms with E-state index < -0.39 is 11.9 Å². The van der Waals surface area contributed by atoms with Crippen LogP contribution >= 0.6 is 0 Å². The maximum Gasteiger partial charge on any atom is 0.310 e. The fourth-order valence-corrected chi connectivity index (χ4v) is 3.02. The van der Waals surface area contributed by atoms with Crippen LogP contribution in [0.3, 0.4) is 0 Å². The lowest BCUT2D eigenvalue weighted by molar-refractivity contribution is -0.138. The van der Waals surface area contributed by atoms with Crippen LogP contribution in [0, 0.1) is 0 Å². The average Bonchev–Trinajstić information content (AvgIpc) is 2.33. The van der Waals surface area contributed by atoms with E-state index in [2.05, 4.69) is 39.8 Å². The van der Waals surface area contributed by atoms with Gasteiger partial charge in [0.2, 0.25) is 0 Å². The van der Waals surface area contributed by atoms with Crippen molar-refractivity contribution in [3.63, 3.8) is 0 Å². The maximum atomic E-state index is 11.2. The zero-order valence-corrected chi connectivity index (χ0v) is 12.6. The van der Waals surface area contributed by atoms with Crippen LogP contribution in [0.2, 0.25) is 0 Å². The molecule has 0 unspecified atom stereocenters. The van der Waals surface area contributed by atoms with Gasteiger partial charge in [-0.2, -0.15) is 0 Å². The smallest absolute Gasteiger partial charge is 0.310 e. The van der Waals surface area contributed by atoms with E-state index >= 15 is 0 Å². The minimum absolute atomic E-state index is 0.138. The Labute approximate surface area is 115 Å². The molecule has 1 atom stereocenters. The van der Waals surface area contributed by atoms with Crippen molar-refractivity contribution in [1.29, 1.82) is 0 Å². The molecular formula is C17H24O2. The van der Waals surface area contributed by atoms with E-state index in [1.165, 1.54) is 17.5 Å². The van der Waals surface area contributed by atoms with Crippen molar-refractivity contribution in [2.75, 3.05) is 0 Å². The SMILES string of the molecule is C[C@H](C(=O)O)c1ccc2c(c1)C(C)(C)CCC2(C)C. The van der Waals surface area contributed by atoms with Crippen LogP contribution in [-0.4, -0.2) is 11.1 Å². The zero-order chi connectivity index (χ0) is 14.4. The molecule has 104 valence electrons. The first-order chi connectivity index (χ1) is 8.65. The summed E-state index contributed by atoms with van der Waals surface area (Å²) >= 11 is 0. The van der Waals surface area contributed by atoms with Crippen molar-refractivity contribution in [3.8, 4) is 0 Å². The van der Waals surface area contributed by atoms with E-state index in [1.54, 1.807) is 6.92 Å². The molecule has 1 aliphatic rings. The molecule has 2 nitrogen and oxygen atoms in total. The fourth-order valence-electron chi connectivity index (χ4n) is 3.02. The Morgan fingerprint density at radius 2 is 1.63 bits per heavy atom. The molecule has 0 saturated heterocycles. The molecule has 0 aromatic heterocycles. The molecule has 19 heavy (non-hydrogen) atoms. The number of carbonyl (C=O) groups is 1. The topological polar surface area (TPSA) is 37.3 Å². The molecule has 2 rings (SSSR count). The minimum atomic E-state index is -0.757. The monoisotopic (exact) mass is 260 g/mol. The second kappa shape index (κ2) is 4.36. The van der Waals surface area contributed by atoms with Gasteiger partial charge in [-0.3, -0.25) is 4.79 Å². The first kappa shape index (κ1) is 14.1. The number of carboxylic acids is 1. The zero-order valence-electron chi connectivity index (χ0n) is 12.6. The van der Waals surface area contributed by atoms with Crippen molar-refractivity contribution in [3.05, 3.63) is 34.9 Å². The first-order valence-corrected chi connectivity index (χ1v) is 7.03. The van der Waals surface area contributed by atoms with Crippen LogP contribution in [-0.2, 0) is 15.6 Å². The molecule has 0 fully saturated rings. The summed E-state index contributed by atoms with van der Waals surface area (Å²) in [5, 5.41) is 9.17. The molecule has 0 radical (unpaired) electrons. The van der Waals surface area contributed by atoms with Crippen LogP contribution in [0.5, 0.6) is 0 Å². The van der Waals surface area contributed by atoms with Crippen molar-refractivity contribution in [1.82, 2.24) is 0 Å². The Balaban J connectivity index is 2.56. The highest BCUT2D eigenvalue weighted by atomic mass is 16.4. The molecule has 2 heteroatoms. The number of aliphatic carboxylic acids is 1. The Bertz CT molecular complexity index is 512. The lowest BCUT2D eigenvalue weighted by atomic mass is 9.63. The second-order valence-corrected chi connectivity index (χ2v) is 7.13. The Morgan fingerprint density at radius 3 is 2.16 bits per heavy atom. The van der Waals surface area contributed by atoms with E-state index in [4.69, 9.17) is 0 Å². The molecule has 1 aliphatic carbocycles. The van der Waals surface area contributed by atoms with Gasteiger partial charge in [0.25, 0.3) is 0 Å². The normalized spacial score (nSPS) is 21.5. The molecular weight excluding hydrogens is 236 g/mol. The van der Waals surface area contributed by atoms with E-state index in [0.717, 1.165) is 12.0 Å². The van der Waals surface area contributed by atoms with Crippen LogP contribution < -0.4 is 0 Å². The minimum Gasteiger partial charge on any atom is -0.481 e. The van der Waals surface area contributed by atoms with Crippen LogP contribution in [0.4, 0.5) is 0 Å². The largest absolute Gasteiger partial charge is 0.481 e. The molecule has 0 saturated carbocycles. The molecule has 0 amide bonds. The summed E-state index contributed by atoms with van der Waals surface area (Å²) in [6.45, 7) is 10.8. The van der Waals surface area contributed by atoms with Gasteiger partial charge in [-0.25, -0.2) is 0 Å². The van der Waals surface area contributed by atoms with Crippen LogP contribution in [0.25, 0.3) is 0 Å². The van der Waals surface area contributed by atoms with E-state index in [9.17, 15) is 9.90 Å². The third-order valence-corrected chi connectivity index (χ3v) is 4.75. The second-order valence-electron chi connectivity index (χ2n) is 7.13. The summed E-state index contributed by atoms with van der Waals surface area (Å²) in [4.78, 5) is 11.2. The van der Waals surface area contributed by atoms with Crippen molar-refractivity contribution >= 4 is 5.97 Å². The molecule has 1 N–H and O–H groups in total. The lowest BCUT2D eigenvalue weighted by Crippen LogP contribution is -2.34. The molecule has 0 heterocycles. The summed E-state index contributed by atoms with van der Waals surface area (Å²) in [5.74, 6) is -1.20. The van der Waals surface area contributed by atoms with Crippen LogP contribution in [0.1, 0.15) is 70.1 Å². The number of carboxylic acid groups (broad SMARTS) is 1. The van der Waals surface area contributed by atoms with Crippen molar-refractivity contribution in [2.24, 2.45) is 0 Å². The predicted molar refractivity (Wildman–Crippen MR) is 77.8 cm³/mol. The van der Waals surface area contributed by atoms with Gasteiger partial charge in [0.1, 0.15) is 0 Å². The summed E-state index contributed by atoms with van der Waals surface area (Å²) in [5.41, 5.74) is 3.95. The standard InChI is InChI=1S/C17H24O2/c1-11(15(18)19)12-6-7-13-14(10-12)17(4,5)9-8-16(13,2)3/h6-7,10-11H,8-9H2,1-5H3,(H,18,19)/t11-/m0/s1. The Morgan fingerprint density at radius 1 is 1.11 bits per heavy atom. The molecule has 0 aliphatic heterocycles. The van der Waals surface area contributed by atoms with Gasteiger partial charge < -0.3 is 5.11 Å². The van der Waals surface area contributed by atoms with Crippen LogP contribution in [0.15, 0.2) is 18.2 Å². The van der Waals surface area contributed by atoms with Gasteiger partial charge in [-0.05, 0) is 47.3 Å². The summed E-state index contributed by atoms with van der Waals surface area (Å²) in [7, 11) is 0. The number of benzene rings is 1. The fraction of sp³-hybridized carbons (Fsp3) is 0.588. The molecule has 1 aromatic carbocycles. The third kappa shape index (κ3) is 2.41. The summed E-state index contributed by atoms with van der Waals surface area (Å²) in [6.07, 6.45) is 2.33. The highest BCUT2D eigenvalue weighted by molar-refractivity contribution is 5.75. The molecule has 1 aromatic rings.